The van der Waals surface area contributed by atoms with Gasteiger partial charge in [0, 0.05) is 42.1 Å². The number of ketones is 1. The summed E-state index contributed by atoms with van der Waals surface area (Å²) in [6.07, 6.45) is -2.23. The summed E-state index contributed by atoms with van der Waals surface area (Å²) in [6.45, 7) is -0.653. The Hall–Kier alpha value is -0.650. The van der Waals surface area contributed by atoms with E-state index in [4.69, 9.17) is 9.29 Å². The number of hydrogen-bond donors (Lipinski definition) is 5. The highest BCUT2D eigenvalue weighted by atomic mass is 32.3. The Labute approximate surface area is 187 Å². The minimum Gasteiger partial charge on any atom is -0.394 e. The Morgan fingerprint density at radius 1 is 1.10 bits per heavy atom. The van der Waals surface area contributed by atoms with Crippen molar-refractivity contribution in [2.75, 3.05) is 18.6 Å². The maximum absolute atomic E-state index is 12.1. The van der Waals surface area contributed by atoms with Gasteiger partial charge in [-0.05, 0) is 12.8 Å². The lowest BCUT2D eigenvalue weighted by molar-refractivity contribution is -0.205. The molecule has 1 rings (SSSR count). The zero-order valence-electron chi connectivity index (χ0n) is 16.9. The third-order valence-corrected chi connectivity index (χ3v) is 6.64. The first-order valence-corrected chi connectivity index (χ1v) is 13.4. The predicted octanol–water partition coefficient (Wildman–Crippen LogP) is -1.06. The number of nitrogens with zero attached hydrogens (tertiary/aromatic N) is 1. The predicted molar refractivity (Wildman–Crippen MR) is 113 cm³/mol. The van der Waals surface area contributed by atoms with Gasteiger partial charge < -0.3 is 25.2 Å². The molecular formula is C16H29NO11S3. The van der Waals surface area contributed by atoms with Crippen molar-refractivity contribution >= 4 is 43.8 Å². The molecule has 0 radical (unpaired) electrons. The molecule has 0 saturated carbocycles. The summed E-state index contributed by atoms with van der Waals surface area (Å²) in [6, 6.07) is 0. The summed E-state index contributed by atoms with van der Waals surface area (Å²) in [7, 11) is -5.80. The molecule has 0 amide bonds. The maximum atomic E-state index is 12.1. The van der Waals surface area contributed by atoms with Crippen LogP contribution in [-0.4, -0.2) is 96.9 Å². The van der Waals surface area contributed by atoms with E-state index in [0.717, 1.165) is 12.8 Å². The second-order valence-corrected chi connectivity index (χ2v) is 10.7. The number of oxime groups is 1. The maximum Gasteiger partial charge on any atom is 0.466 e. The number of Topliss-reactive ketones (excluding diaryl/α,β-unsaturated/α-hetero) is 1. The Morgan fingerprint density at radius 3 is 2.35 bits per heavy atom. The van der Waals surface area contributed by atoms with Gasteiger partial charge in [-0.15, -0.1) is 0 Å². The molecule has 1 aliphatic rings. The normalized spacial score (nSPS) is 28.3. The average molecular weight is 508 g/mol. The molecule has 12 nitrogen and oxygen atoms in total. The molecule has 1 heterocycles. The van der Waals surface area contributed by atoms with Gasteiger partial charge in [0.05, 0.1) is 6.61 Å². The first-order chi connectivity index (χ1) is 14.4. The number of hydrogen-bond acceptors (Lipinski definition) is 12. The minimum absolute atomic E-state index is 0.0438. The largest absolute Gasteiger partial charge is 0.466 e. The van der Waals surface area contributed by atoms with Crippen LogP contribution in [0.2, 0.25) is 0 Å². The van der Waals surface area contributed by atoms with E-state index >= 15 is 0 Å². The highest BCUT2D eigenvalue weighted by molar-refractivity contribution is 8.14. The lowest BCUT2D eigenvalue weighted by Gasteiger charge is -2.39. The van der Waals surface area contributed by atoms with Gasteiger partial charge in [-0.2, -0.15) is 8.42 Å². The van der Waals surface area contributed by atoms with Crippen LogP contribution in [-0.2, 0) is 35.0 Å². The zero-order valence-corrected chi connectivity index (χ0v) is 19.4. The number of carbonyl (C=O) groups is 1. The van der Waals surface area contributed by atoms with E-state index in [1.54, 1.807) is 6.26 Å². The molecule has 5 N–H and O–H groups in total. The summed E-state index contributed by atoms with van der Waals surface area (Å²) in [5.74, 6) is 0.417. The van der Waals surface area contributed by atoms with Crippen molar-refractivity contribution in [3.05, 3.63) is 0 Å². The van der Waals surface area contributed by atoms with Gasteiger partial charge in [0.25, 0.3) is 0 Å². The molecule has 0 aromatic heterocycles. The summed E-state index contributed by atoms with van der Waals surface area (Å²) >= 11 is 0.625. The van der Waals surface area contributed by atoms with Crippen LogP contribution in [0.15, 0.2) is 5.16 Å². The topological polar surface area (TPSA) is 200 Å². The lowest BCUT2D eigenvalue weighted by atomic mass is 10.0. The molecule has 0 aliphatic carbocycles. The van der Waals surface area contributed by atoms with E-state index in [2.05, 4.69) is 9.44 Å². The van der Waals surface area contributed by atoms with E-state index in [1.165, 1.54) is 0 Å². The first-order valence-electron chi connectivity index (χ1n) is 9.46. The Bertz CT molecular complexity index is 728. The van der Waals surface area contributed by atoms with Crippen LogP contribution in [0, 0.1) is 0 Å². The van der Waals surface area contributed by atoms with Crippen LogP contribution >= 0.6 is 11.8 Å². The number of aliphatic hydroxyl groups excluding tert-OH is 4. The van der Waals surface area contributed by atoms with Crippen LogP contribution in [0.5, 0.6) is 0 Å². The van der Waals surface area contributed by atoms with E-state index < -0.39 is 57.7 Å². The van der Waals surface area contributed by atoms with Crippen LogP contribution < -0.4 is 0 Å². The number of aliphatic hydroxyl groups is 4. The summed E-state index contributed by atoms with van der Waals surface area (Å²) in [5.41, 5.74) is -1.26. The average Bonchev–Trinajstić information content (AvgIpc) is 2.68. The van der Waals surface area contributed by atoms with Crippen molar-refractivity contribution in [3.8, 4) is 0 Å². The van der Waals surface area contributed by atoms with Gasteiger partial charge in [0.2, 0.25) is 0 Å². The molecule has 15 heteroatoms. The molecule has 0 spiro atoms. The lowest BCUT2D eigenvalue weighted by Crippen LogP contribution is -2.57. The van der Waals surface area contributed by atoms with Gasteiger partial charge in [0.15, 0.2) is 0 Å². The molecule has 1 aliphatic heterocycles. The molecule has 182 valence electrons. The fourth-order valence-corrected chi connectivity index (χ4v) is 4.60. The molecule has 1 fully saturated rings. The Balaban J connectivity index is 2.69. The van der Waals surface area contributed by atoms with Crippen molar-refractivity contribution in [1.82, 2.24) is 0 Å². The third-order valence-electron chi connectivity index (χ3n) is 4.34. The molecule has 1 saturated heterocycles. The van der Waals surface area contributed by atoms with Gasteiger partial charge in [-0.3, -0.25) is 13.6 Å². The number of ether oxygens (including phenoxy) is 1. The standard InChI is InChI=1S/C16H29NO11S3/c1-30(23)8-4-2-3-5-10(19)6-7-12(17-28-31(24,25)26)29-16-15(22)14(21)13(20)11(9-18)27-16/h11,13-16,18,20-22H,2-9H2,1H3,(H,24,25,26). The van der Waals surface area contributed by atoms with E-state index in [9.17, 15) is 37.8 Å². The van der Waals surface area contributed by atoms with Crippen LogP contribution in [0.1, 0.15) is 38.5 Å². The van der Waals surface area contributed by atoms with Crippen molar-refractivity contribution in [1.29, 1.82) is 0 Å². The fourth-order valence-electron chi connectivity index (χ4n) is 2.69. The molecule has 0 bridgehead atoms. The van der Waals surface area contributed by atoms with Gasteiger partial charge in [0.1, 0.15) is 40.7 Å². The number of unbranched alkanes of at least 4 members (excludes halogenated alkanes) is 2. The zero-order chi connectivity index (χ0) is 23.6. The first kappa shape index (κ1) is 28.4. The Kier molecular flexibility index (Phi) is 12.6. The van der Waals surface area contributed by atoms with Crippen LogP contribution in [0.3, 0.4) is 0 Å². The Morgan fingerprint density at radius 2 is 1.77 bits per heavy atom. The van der Waals surface area contributed by atoms with Gasteiger partial charge in [-0.25, -0.2) is 4.28 Å². The minimum atomic E-state index is -4.92. The molecular weight excluding hydrogens is 478 g/mol. The van der Waals surface area contributed by atoms with Crippen molar-refractivity contribution in [2.45, 2.75) is 68.4 Å². The van der Waals surface area contributed by atoms with Crippen molar-refractivity contribution in [3.63, 3.8) is 0 Å². The number of thioether (sulfide) groups is 1. The quantitative estimate of drug-likeness (QED) is 0.0666. The smallest absolute Gasteiger partial charge is 0.394 e. The van der Waals surface area contributed by atoms with Gasteiger partial charge >= 0.3 is 10.4 Å². The second kappa shape index (κ2) is 13.8. The van der Waals surface area contributed by atoms with Crippen LogP contribution in [0.25, 0.3) is 0 Å². The summed E-state index contributed by atoms with van der Waals surface area (Å²) in [4.78, 5) is 12.1. The molecule has 31 heavy (non-hydrogen) atoms. The SMILES string of the molecule is CS(=O)CCCCCC(=O)CCC(=NOS(=O)(=O)O)SC1OC(CO)C(O)C(O)C1O. The highest BCUT2D eigenvalue weighted by Gasteiger charge is 2.44. The monoisotopic (exact) mass is 507 g/mol. The van der Waals surface area contributed by atoms with Crippen molar-refractivity contribution < 1.29 is 51.4 Å². The van der Waals surface area contributed by atoms with E-state index in [1.807, 2.05) is 0 Å². The number of rotatable bonds is 13. The van der Waals surface area contributed by atoms with E-state index in [0.29, 0.717) is 23.9 Å². The highest BCUT2D eigenvalue weighted by Crippen LogP contribution is 2.30. The summed E-state index contributed by atoms with van der Waals surface area (Å²) < 4.78 is 50.7. The second-order valence-electron chi connectivity index (χ2n) is 6.93. The summed E-state index contributed by atoms with van der Waals surface area (Å²) in [5, 5.41) is 42.1. The van der Waals surface area contributed by atoms with Crippen LogP contribution in [0.4, 0.5) is 0 Å². The molecule has 0 aromatic carbocycles. The number of carbonyl (C=O) groups excluding carboxylic acids is 1. The molecule has 6 atom stereocenters. The van der Waals surface area contributed by atoms with Crippen molar-refractivity contribution in [2.24, 2.45) is 5.16 Å². The fraction of sp³-hybridized carbons (Fsp3) is 0.875. The molecule has 6 unspecified atom stereocenters. The third kappa shape index (κ3) is 11.2. The van der Waals surface area contributed by atoms with E-state index in [-0.39, 0.29) is 30.1 Å². The molecule has 0 aromatic rings. The van der Waals surface area contributed by atoms with Gasteiger partial charge in [-0.1, -0.05) is 23.3 Å².